The lowest BCUT2D eigenvalue weighted by molar-refractivity contribution is -0.117. The maximum atomic E-state index is 12.4. The summed E-state index contributed by atoms with van der Waals surface area (Å²) in [5.74, 6) is 1.20. The Kier molecular flexibility index (Phi) is 5.34. The van der Waals surface area contributed by atoms with E-state index in [1.807, 2.05) is 42.5 Å². The third-order valence-electron chi connectivity index (χ3n) is 4.20. The van der Waals surface area contributed by atoms with Gasteiger partial charge >= 0.3 is 0 Å². The number of rotatable bonds is 7. The van der Waals surface area contributed by atoms with Crippen LogP contribution in [-0.2, 0) is 16.0 Å². The van der Waals surface area contributed by atoms with Crippen LogP contribution >= 0.6 is 11.3 Å². The number of hydrogen-bond acceptors (Lipinski definition) is 5. The Morgan fingerprint density at radius 2 is 1.79 bits per heavy atom. The predicted octanol–water partition coefficient (Wildman–Crippen LogP) is 4.47. The molecule has 0 saturated heterocycles. The first-order chi connectivity index (χ1) is 13.7. The van der Waals surface area contributed by atoms with Crippen molar-refractivity contribution in [1.82, 2.24) is 4.98 Å². The highest BCUT2D eigenvalue weighted by molar-refractivity contribution is 7.13. The number of thiazole rings is 1. The molecule has 0 radical (unpaired) electrons. The molecule has 0 spiro atoms. The second-order valence-corrected chi connectivity index (χ2v) is 7.40. The average molecular weight is 393 g/mol. The van der Waals surface area contributed by atoms with Crippen LogP contribution in [0, 0.1) is 5.92 Å². The van der Waals surface area contributed by atoms with Gasteiger partial charge in [-0.25, -0.2) is 4.98 Å². The number of para-hydroxylation sites is 3. The van der Waals surface area contributed by atoms with E-state index in [-0.39, 0.29) is 24.2 Å². The molecule has 28 heavy (non-hydrogen) atoms. The second kappa shape index (κ2) is 8.22. The molecular weight excluding hydrogens is 374 g/mol. The molecule has 2 N–H and O–H groups in total. The van der Waals surface area contributed by atoms with Crippen LogP contribution in [0.25, 0.3) is 0 Å². The quantitative estimate of drug-likeness (QED) is 0.621. The molecule has 7 heteroatoms. The standard InChI is InChI=1S/C21H19N3O3S/c25-19(12-15-13-28-21(22-15)24-20(26)14-10-11-14)23-17-8-4-5-9-18(17)27-16-6-2-1-3-7-16/h1-9,13-14H,10-12H2,(H,23,25)(H,22,24,26). The highest BCUT2D eigenvalue weighted by Gasteiger charge is 2.30. The Balaban J connectivity index is 1.37. The molecule has 6 nitrogen and oxygen atoms in total. The summed E-state index contributed by atoms with van der Waals surface area (Å²) >= 11 is 1.33. The first-order valence-electron chi connectivity index (χ1n) is 9.04. The van der Waals surface area contributed by atoms with Gasteiger partial charge in [0.1, 0.15) is 5.75 Å². The summed E-state index contributed by atoms with van der Waals surface area (Å²) in [4.78, 5) is 28.6. The van der Waals surface area contributed by atoms with Crippen molar-refractivity contribution in [1.29, 1.82) is 0 Å². The number of nitrogens with one attached hydrogen (secondary N) is 2. The largest absolute Gasteiger partial charge is 0.455 e. The first-order valence-corrected chi connectivity index (χ1v) is 9.92. The smallest absolute Gasteiger partial charge is 0.230 e. The highest BCUT2D eigenvalue weighted by atomic mass is 32.1. The monoisotopic (exact) mass is 393 g/mol. The van der Waals surface area contributed by atoms with Crippen molar-refractivity contribution in [3.8, 4) is 11.5 Å². The predicted molar refractivity (Wildman–Crippen MR) is 109 cm³/mol. The van der Waals surface area contributed by atoms with Crippen molar-refractivity contribution in [2.75, 3.05) is 10.6 Å². The van der Waals surface area contributed by atoms with Crippen LogP contribution < -0.4 is 15.4 Å². The van der Waals surface area contributed by atoms with Gasteiger partial charge in [0.05, 0.1) is 17.8 Å². The highest BCUT2D eigenvalue weighted by Crippen LogP contribution is 2.31. The van der Waals surface area contributed by atoms with E-state index in [1.165, 1.54) is 11.3 Å². The summed E-state index contributed by atoms with van der Waals surface area (Å²) in [5.41, 5.74) is 1.21. The molecule has 2 amide bonds. The Morgan fingerprint density at radius 3 is 2.57 bits per heavy atom. The SMILES string of the molecule is O=C(Cc1csc(NC(=O)C2CC2)n1)Nc1ccccc1Oc1ccccc1. The Hall–Kier alpha value is -3.19. The average Bonchev–Trinajstić information content (AvgIpc) is 3.46. The summed E-state index contributed by atoms with van der Waals surface area (Å²) in [6, 6.07) is 16.7. The van der Waals surface area contributed by atoms with Gasteiger partial charge < -0.3 is 15.4 Å². The lowest BCUT2D eigenvalue weighted by atomic mass is 10.2. The van der Waals surface area contributed by atoms with Crippen LogP contribution in [0.1, 0.15) is 18.5 Å². The summed E-state index contributed by atoms with van der Waals surface area (Å²) in [6.07, 6.45) is 2.00. The number of anilines is 2. The van der Waals surface area contributed by atoms with Crippen molar-refractivity contribution in [2.24, 2.45) is 5.92 Å². The third-order valence-corrected chi connectivity index (χ3v) is 5.01. The molecule has 0 bridgehead atoms. The van der Waals surface area contributed by atoms with Gasteiger partial charge in [-0.1, -0.05) is 30.3 Å². The normalized spacial score (nSPS) is 13.0. The van der Waals surface area contributed by atoms with Crippen molar-refractivity contribution in [2.45, 2.75) is 19.3 Å². The van der Waals surface area contributed by atoms with Crippen LogP contribution in [0.2, 0.25) is 0 Å². The molecule has 0 unspecified atom stereocenters. The maximum absolute atomic E-state index is 12.4. The lowest BCUT2D eigenvalue weighted by Gasteiger charge is -2.11. The van der Waals surface area contributed by atoms with Gasteiger partial charge in [0.2, 0.25) is 11.8 Å². The fraction of sp³-hybridized carbons (Fsp3) is 0.190. The first kappa shape index (κ1) is 18.2. The molecule has 142 valence electrons. The molecule has 1 aromatic heterocycles. The van der Waals surface area contributed by atoms with E-state index >= 15 is 0 Å². The van der Waals surface area contributed by atoms with Crippen LogP contribution in [0.5, 0.6) is 11.5 Å². The Bertz CT molecular complexity index is 983. The number of amides is 2. The number of benzene rings is 2. The second-order valence-electron chi connectivity index (χ2n) is 6.54. The number of carbonyl (C=O) groups is 2. The third kappa shape index (κ3) is 4.75. The number of hydrogen-bond donors (Lipinski definition) is 2. The minimum atomic E-state index is -0.200. The number of carbonyl (C=O) groups excluding carboxylic acids is 2. The molecule has 0 aliphatic heterocycles. The summed E-state index contributed by atoms with van der Waals surface area (Å²) in [6.45, 7) is 0. The van der Waals surface area contributed by atoms with Gasteiger partial charge in [-0.2, -0.15) is 0 Å². The van der Waals surface area contributed by atoms with Crippen LogP contribution in [0.15, 0.2) is 60.0 Å². The van der Waals surface area contributed by atoms with E-state index < -0.39 is 0 Å². The maximum Gasteiger partial charge on any atom is 0.230 e. The molecule has 1 aliphatic carbocycles. The molecule has 3 aromatic rings. The van der Waals surface area contributed by atoms with E-state index in [2.05, 4.69) is 15.6 Å². The molecule has 4 rings (SSSR count). The summed E-state index contributed by atoms with van der Waals surface area (Å²) < 4.78 is 5.86. The van der Waals surface area contributed by atoms with Crippen molar-refractivity contribution < 1.29 is 14.3 Å². The zero-order valence-electron chi connectivity index (χ0n) is 15.1. The van der Waals surface area contributed by atoms with Crippen molar-refractivity contribution in [3.05, 3.63) is 65.7 Å². The molecule has 1 aliphatic rings. The van der Waals surface area contributed by atoms with Gasteiger partial charge in [-0.3, -0.25) is 9.59 Å². The van der Waals surface area contributed by atoms with E-state index in [1.54, 1.807) is 17.5 Å². The lowest BCUT2D eigenvalue weighted by Crippen LogP contribution is -2.16. The number of ether oxygens (including phenoxy) is 1. The van der Waals surface area contributed by atoms with E-state index in [4.69, 9.17) is 4.74 Å². The number of nitrogens with zero attached hydrogens (tertiary/aromatic N) is 1. The van der Waals surface area contributed by atoms with Gasteiger partial charge in [0.25, 0.3) is 0 Å². The van der Waals surface area contributed by atoms with Crippen molar-refractivity contribution in [3.63, 3.8) is 0 Å². The Labute approximate surface area is 166 Å². The molecule has 1 saturated carbocycles. The van der Waals surface area contributed by atoms with Crippen LogP contribution in [0.4, 0.5) is 10.8 Å². The van der Waals surface area contributed by atoms with Gasteiger partial charge in [-0.15, -0.1) is 11.3 Å². The fourth-order valence-corrected chi connectivity index (χ4v) is 3.35. The van der Waals surface area contributed by atoms with E-state index in [0.29, 0.717) is 28.0 Å². The van der Waals surface area contributed by atoms with E-state index in [0.717, 1.165) is 12.8 Å². The minimum absolute atomic E-state index is 0.0114. The molecule has 1 heterocycles. The van der Waals surface area contributed by atoms with Crippen molar-refractivity contribution >= 4 is 34.0 Å². The van der Waals surface area contributed by atoms with E-state index in [9.17, 15) is 9.59 Å². The molecular formula is C21H19N3O3S. The van der Waals surface area contributed by atoms with Gasteiger partial charge in [0.15, 0.2) is 10.9 Å². The van der Waals surface area contributed by atoms with Gasteiger partial charge in [0, 0.05) is 11.3 Å². The molecule has 1 fully saturated rings. The summed E-state index contributed by atoms with van der Waals surface area (Å²) in [5, 5.41) is 7.99. The number of aromatic nitrogens is 1. The zero-order chi connectivity index (χ0) is 19.3. The molecule has 2 aromatic carbocycles. The fourth-order valence-electron chi connectivity index (χ4n) is 2.63. The van der Waals surface area contributed by atoms with Crippen LogP contribution in [0.3, 0.4) is 0 Å². The topological polar surface area (TPSA) is 80.3 Å². The Morgan fingerprint density at radius 1 is 1.04 bits per heavy atom. The van der Waals surface area contributed by atoms with Crippen LogP contribution in [-0.4, -0.2) is 16.8 Å². The van der Waals surface area contributed by atoms with Gasteiger partial charge in [-0.05, 0) is 37.1 Å². The zero-order valence-corrected chi connectivity index (χ0v) is 15.9. The molecule has 0 atom stereocenters. The summed E-state index contributed by atoms with van der Waals surface area (Å²) in [7, 11) is 0. The minimum Gasteiger partial charge on any atom is -0.455 e.